The van der Waals surface area contributed by atoms with Crippen molar-refractivity contribution in [1.29, 1.82) is 0 Å². The number of hydrogen-bond acceptors (Lipinski definition) is 5. The number of hydrogen-bond donors (Lipinski definition) is 1. The maximum absolute atomic E-state index is 6.02. The van der Waals surface area contributed by atoms with Crippen LogP contribution in [0.3, 0.4) is 0 Å². The number of fused-ring (bicyclic) bond motifs is 1. The lowest BCUT2D eigenvalue weighted by Gasteiger charge is -2.12. The Kier molecular flexibility index (Phi) is 4.63. The smallest absolute Gasteiger partial charge is 0.227 e. The molecule has 0 unspecified atom stereocenters. The summed E-state index contributed by atoms with van der Waals surface area (Å²) in [6.45, 7) is 3.52. The molecule has 0 amide bonds. The summed E-state index contributed by atoms with van der Waals surface area (Å²) in [6.07, 6.45) is 3.56. The number of nitrogen functional groups attached to an aromatic ring is 1. The number of benzene rings is 1. The van der Waals surface area contributed by atoms with Crippen molar-refractivity contribution in [2.24, 2.45) is 0 Å². The van der Waals surface area contributed by atoms with Gasteiger partial charge in [-0.25, -0.2) is 4.98 Å². The summed E-state index contributed by atoms with van der Waals surface area (Å²) in [5, 5.41) is 0.873. The normalized spacial score (nSPS) is 14.7. The number of likely N-dealkylation sites (tertiary alicyclic amines) is 1. The second kappa shape index (κ2) is 6.84. The fourth-order valence-corrected chi connectivity index (χ4v) is 2.80. The first-order valence-corrected chi connectivity index (χ1v) is 8.09. The standard InChI is InChI=1S/C18H23N5/c1-22(2)18-20-16-13-14(8-9-15(16)17(19)21-18)7-3-4-10-23-11-5-6-12-23/h8-9,13H,4-6,10-12H2,1-2H3,(H2,19,20,21). The predicted octanol–water partition coefficient (Wildman–Crippen LogP) is 2.12. The van der Waals surface area contributed by atoms with Gasteiger partial charge in [-0.1, -0.05) is 11.8 Å². The molecule has 2 N–H and O–H groups in total. The van der Waals surface area contributed by atoms with Crippen molar-refractivity contribution >= 4 is 22.7 Å². The van der Waals surface area contributed by atoms with Gasteiger partial charge >= 0.3 is 0 Å². The monoisotopic (exact) mass is 309 g/mol. The molecule has 5 nitrogen and oxygen atoms in total. The SMILES string of the molecule is CN(C)c1nc(N)c2ccc(C#CCCN3CCCC3)cc2n1. The van der Waals surface area contributed by atoms with Crippen LogP contribution in [-0.4, -0.2) is 48.6 Å². The Morgan fingerprint density at radius 2 is 2.00 bits per heavy atom. The van der Waals surface area contributed by atoms with Gasteiger partial charge in [0.1, 0.15) is 5.82 Å². The van der Waals surface area contributed by atoms with Crippen molar-refractivity contribution in [3.8, 4) is 11.8 Å². The average molecular weight is 309 g/mol. The van der Waals surface area contributed by atoms with Crippen LogP contribution >= 0.6 is 0 Å². The van der Waals surface area contributed by atoms with Crippen LogP contribution in [0.1, 0.15) is 24.8 Å². The first-order chi connectivity index (χ1) is 11.1. The Balaban J connectivity index is 1.76. The molecule has 2 aromatic rings. The Hall–Kier alpha value is -2.32. The number of rotatable bonds is 3. The van der Waals surface area contributed by atoms with E-state index < -0.39 is 0 Å². The van der Waals surface area contributed by atoms with Gasteiger partial charge in [-0.05, 0) is 44.1 Å². The van der Waals surface area contributed by atoms with Gasteiger partial charge in [-0.2, -0.15) is 4.98 Å². The maximum atomic E-state index is 6.02. The lowest BCUT2D eigenvalue weighted by molar-refractivity contribution is 0.348. The second-order valence-electron chi connectivity index (χ2n) is 6.14. The van der Waals surface area contributed by atoms with E-state index in [1.807, 2.05) is 37.2 Å². The van der Waals surface area contributed by atoms with E-state index in [2.05, 4.69) is 26.7 Å². The molecule has 5 heteroatoms. The first kappa shape index (κ1) is 15.6. The van der Waals surface area contributed by atoms with Crippen molar-refractivity contribution in [3.63, 3.8) is 0 Å². The summed E-state index contributed by atoms with van der Waals surface area (Å²) in [7, 11) is 3.81. The minimum Gasteiger partial charge on any atom is -0.383 e. The molecule has 1 aliphatic heterocycles. The highest BCUT2D eigenvalue weighted by Crippen LogP contribution is 2.21. The van der Waals surface area contributed by atoms with Gasteiger partial charge < -0.3 is 15.5 Å². The largest absolute Gasteiger partial charge is 0.383 e. The fourth-order valence-electron chi connectivity index (χ4n) is 2.80. The Morgan fingerprint density at radius 1 is 1.22 bits per heavy atom. The van der Waals surface area contributed by atoms with Gasteiger partial charge in [0.15, 0.2) is 0 Å². The molecule has 1 aromatic carbocycles. The molecule has 1 aliphatic rings. The number of aromatic nitrogens is 2. The summed E-state index contributed by atoms with van der Waals surface area (Å²) >= 11 is 0. The summed E-state index contributed by atoms with van der Waals surface area (Å²) in [5.74, 6) is 7.63. The van der Waals surface area contributed by atoms with Crippen LogP contribution in [0, 0.1) is 11.8 Å². The molecule has 0 aliphatic carbocycles. The molecule has 3 rings (SSSR count). The molecule has 1 saturated heterocycles. The van der Waals surface area contributed by atoms with Crippen LogP contribution in [0.15, 0.2) is 18.2 Å². The summed E-state index contributed by atoms with van der Waals surface area (Å²) in [5.41, 5.74) is 7.83. The highest BCUT2D eigenvalue weighted by molar-refractivity contribution is 5.89. The van der Waals surface area contributed by atoms with E-state index in [0.29, 0.717) is 11.8 Å². The third-order valence-corrected chi connectivity index (χ3v) is 4.10. The predicted molar refractivity (Wildman–Crippen MR) is 95.4 cm³/mol. The zero-order valence-electron chi connectivity index (χ0n) is 13.8. The van der Waals surface area contributed by atoms with Crippen LogP contribution in [0.5, 0.6) is 0 Å². The maximum Gasteiger partial charge on any atom is 0.227 e. The molecular weight excluding hydrogens is 286 g/mol. The summed E-state index contributed by atoms with van der Waals surface area (Å²) in [4.78, 5) is 13.2. The summed E-state index contributed by atoms with van der Waals surface area (Å²) in [6, 6.07) is 5.93. The fraction of sp³-hybridized carbons (Fsp3) is 0.444. The van der Waals surface area contributed by atoms with Gasteiger partial charge in [0.05, 0.1) is 5.52 Å². The van der Waals surface area contributed by atoms with Crippen LogP contribution in [0.4, 0.5) is 11.8 Å². The number of nitrogens with zero attached hydrogens (tertiary/aromatic N) is 4. The van der Waals surface area contributed by atoms with Gasteiger partial charge in [-0.3, -0.25) is 0 Å². The van der Waals surface area contributed by atoms with Crippen molar-refractivity contribution in [2.45, 2.75) is 19.3 Å². The third-order valence-electron chi connectivity index (χ3n) is 4.10. The van der Waals surface area contributed by atoms with Gasteiger partial charge in [0.25, 0.3) is 0 Å². The van der Waals surface area contributed by atoms with E-state index >= 15 is 0 Å². The van der Waals surface area contributed by atoms with E-state index in [1.165, 1.54) is 25.9 Å². The third kappa shape index (κ3) is 3.72. The van der Waals surface area contributed by atoms with Crippen molar-refractivity contribution in [2.75, 3.05) is 44.4 Å². The zero-order valence-corrected chi connectivity index (χ0v) is 13.8. The Labute approximate surface area is 137 Å². The minimum atomic E-state index is 0.507. The lowest BCUT2D eigenvalue weighted by Crippen LogP contribution is -2.19. The van der Waals surface area contributed by atoms with E-state index in [1.54, 1.807) is 0 Å². The van der Waals surface area contributed by atoms with Crippen molar-refractivity contribution in [3.05, 3.63) is 23.8 Å². The number of anilines is 2. The molecule has 120 valence electrons. The number of nitrogens with two attached hydrogens (primary N) is 1. The molecule has 2 heterocycles. The van der Waals surface area contributed by atoms with E-state index in [4.69, 9.17) is 5.73 Å². The average Bonchev–Trinajstić information content (AvgIpc) is 3.04. The van der Waals surface area contributed by atoms with E-state index in [9.17, 15) is 0 Å². The first-order valence-electron chi connectivity index (χ1n) is 8.09. The molecular formula is C18H23N5. The minimum absolute atomic E-state index is 0.507. The molecule has 0 atom stereocenters. The second-order valence-corrected chi connectivity index (χ2v) is 6.14. The van der Waals surface area contributed by atoms with Gasteiger partial charge in [0, 0.05) is 38.0 Å². The molecule has 0 bridgehead atoms. The topological polar surface area (TPSA) is 58.3 Å². The van der Waals surface area contributed by atoms with Crippen LogP contribution < -0.4 is 10.6 Å². The van der Waals surface area contributed by atoms with Crippen LogP contribution in [0.25, 0.3) is 10.9 Å². The van der Waals surface area contributed by atoms with Crippen LogP contribution in [-0.2, 0) is 0 Å². The molecule has 1 aromatic heterocycles. The molecule has 0 saturated carbocycles. The summed E-state index contributed by atoms with van der Waals surface area (Å²) < 4.78 is 0. The lowest BCUT2D eigenvalue weighted by atomic mass is 10.1. The molecule has 1 fully saturated rings. The highest BCUT2D eigenvalue weighted by atomic mass is 15.2. The Bertz CT molecular complexity index is 751. The van der Waals surface area contributed by atoms with Gasteiger partial charge in [0.2, 0.25) is 5.95 Å². The molecule has 0 radical (unpaired) electrons. The van der Waals surface area contributed by atoms with E-state index in [0.717, 1.165) is 29.4 Å². The van der Waals surface area contributed by atoms with Crippen molar-refractivity contribution < 1.29 is 0 Å². The molecule has 23 heavy (non-hydrogen) atoms. The zero-order chi connectivity index (χ0) is 16.2. The Morgan fingerprint density at radius 3 is 2.74 bits per heavy atom. The molecule has 0 spiro atoms. The highest BCUT2D eigenvalue weighted by Gasteiger charge is 2.09. The van der Waals surface area contributed by atoms with Crippen molar-refractivity contribution in [1.82, 2.24) is 14.9 Å². The quantitative estimate of drug-likeness (QED) is 0.880. The van der Waals surface area contributed by atoms with E-state index in [-0.39, 0.29) is 0 Å². The van der Waals surface area contributed by atoms with Gasteiger partial charge in [-0.15, -0.1) is 0 Å². The van der Waals surface area contributed by atoms with Crippen LogP contribution in [0.2, 0.25) is 0 Å².